The summed E-state index contributed by atoms with van der Waals surface area (Å²) in [5.41, 5.74) is 1.29. The molecule has 0 saturated heterocycles. The molecule has 0 saturated carbocycles. The number of esters is 1. The summed E-state index contributed by atoms with van der Waals surface area (Å²) in [4.78, 5) is 38.2. The van der Waals surface area contributed by atoms with Gasteiger partial charge in [-0.05, 0) is 24.1 Å². The molecular formula is C15H16N2O4. The Kier molecular flexibility index (Phi) is 4.37. The van der Waals surface area contributed by atoms with Gasteiger partial charge in [-0.2, -0.15) is 0 Å². The van der Waals surface area contributed by atoms with E-state index >= 15 is 0 Å². The summed E-state index contributed by atoms with van der Waals surface area (Å²) in [5, 5.41) is 2.81. The smallest absolute Gasteiger partial charge is 0.325 e. The number of carbonyl (C=O) groups excluding carboxylic acids is 2. The van der Waals surface area contributed by atoms with Gasteiger partial charge >= 0.3 is 5.97 Å². The third-order valence-corrected chi connectivity index (χ3v) is 3.22. The number of aryl methyl sites for hydroxylation is 1. The van der Waals surface area contributed by atoms with Gasteiger partial charge in [-0.25, -0.2) is 0 Å². The van der Waals surface area contributed by atoms with Crippen LogP contribution in [0.4, 0.5) is 0 Å². The zero-order chi connectivity index (χ0) is 15.4. The number of ether oxygens (including phenoxy) is 1. The van der Waals surface area contributed by atoms with Crippen LogP contribution < -0.4 is 10.7 Å². The predicted octanol–water partition coefficient (Wildman–Crippen LogP) is 0.993. The fourth-order valence-corrected chi connectivity index (χ4v) is 1.97. The zero-order valence-electron chi connectivity index (χ0n) is 11.9. The largest absolute Gasteiger partial charge is 0.468 e. The van der Waals surface area contributed by atoms with E-state index < -0.39 is 11.9 Å². The van der Waals surface area contributed by atoms with Crippen LogP contribution in [0.25, 0.3) is 10.9 Å². The highest BCUT2D eigenvalue weighted by Gasteiger charge is 2.14. The van der Waals surface area contributed by atoms with Crippen LogP contribution >= 0.6 is 0 Å². The second-order valence-corrected chi connectivity index (χ2v) is 4.52. The van der Waals surface area contributed by atoms with Gasteiger partial charge in [0.1, 0.15) is 12.1 Å². The maximum atomic E-state index is 12.4. The summed E-state index contributed by atoms with van der Waals surface area (Å²) in [5.74, 6) is -1.18. The van der Waals surface area contributed by atoms with Crippen LogP contribution in [0, 0.1) is 0 Å². The Hall–Kier alpha value is -2.63. The first-order valence-corrected chi connectivity index (χ1v) is 6.56. The molecule has 0 atom stereocenters. The van der Waals surface area contributed by atoms with Gasteiger partial charge in [-0.15, -0.1) is 0 Å². The van der Waals surface area contributed by atoms with Gasteiger partial charge in [0.15, 0.2) is 0 Å². The standard InChI is InChI=1S/C15H16N2O4/c1-3-9-4-5-12-10(6-9)14(19)11(7-16-12)15(20)17-8-13(18)21-2/h4-7H,3,8H2,1-2H3,(H,16,19)(H,17,20). The topological polar surface area (TPSA) is 88.3 Å². The second kappa shape index (κ2) is 6.21. The maximum Gasteiger partial charge on any atom is 0.325 e. The van der Waals surface area contributed by atoms with Gasteiger partial charge in [-0.3, -0.25) is 14.4 Å². The molecule has 2 rings (SSSR count). The molecule has 0 spiro atoms. The molecule has 1 amide bonds. The molecule has 1 heterocycles. The van der Waals surface area contributed by atoms with E-state index in [1.54, 1.807) is 6.07 Å². The summed E-state index contributed by atoms with van der Waals surface area (Å²) < 4.78 is 4.43. The van der Waals surface area contributed by atoms with E-state index in [1.807, 2.05) is 19.1 Å². The monoisotopic (exact) mass is 288 g/mol. The molecule has 1 aromatic carbocycles. The Morgan fingerprint density at radius 3 is 2.76 bits per heavy atom. The van der Waals surface area contributed by atoms with E-state index in [-0.39, 0.29) is 17.5 Å². The molecule has 2 aromatic rings. The van der Waals surface area contributed by atoms with E-state index in [0.717, 1.165) is 12.0 Å². The molecule has 6 nitrogen and oxygen atoms in total. The van der Waals surface area contributed by atoms with Gasteiger partial charge < -0.3 is 15.0 Å². The number of hydrogen-bond donors (Lipinski definition) is 2. The summed E-state index contributed by atoms with van der Waals surface area (Å²) in [6.07, 6.45) is 2.15. The molecule has 1 aromatic heterocycles. The lowest BCUT2D eigenvalue weighted by Crippen LogP contribution is -2.33. The number of rotatable bonds is 4. The number of fused-ring (bicyclic) bond motifs is 1. The first-order valence-electron chi connectivity index (χ1n) is 6.56. The molecule has 110 valence electrons. The number of amides is 1. The molecule has 0 aliphatic heterocycles. The second-order valence-electron chi connectivity index (χ2n) is 4.52. The highest BCUT2D eigenvalue weighted by molar-refractivity contribution is 5.98. The summed E-state index contributed by atoms with van der Waals surface area (Å²) >= 11 is 0. The number of carbonyl (C=O) groups is 2. The van der Waals surface area contributed by atoms with Crippen molar-refractivity contribution in [1.82, 2.24) is 10.3 Å². The fraction of sp³-hybridized carbons (Fsp3) is 0.267. The normalized spacial score (nSPS) is 10.4. The number of pyridine rings is 1. The Balaban J connectivity index is 2.36. The highest BCUT2D eigenvalue weighted by Crippen LogP contribution is 2.11. The minimum atomic E-state index is -0.606. The van der Waals surface area contributed by atoms with Crippen molar-refractivity contribution in [1.29, 1.82) is 0 Å². The van der Waals surface area contributed by atoms with Crippen LogP contribution in [-0.4, -0.2) is 30.5 Å². The summed E-state index contributed by atoms with van der Waals surface area (Å²) in [7, 11) is 1.23. The van der Waals surface area contributed by atoms with Crippen LogP contribution in [-0.2, 0) is 16.0 Å². The minimum absolute atomic E-state index is 0.0281. The van der Waals surface area contributed by atoms with Gasteiger partial charge in [0.05, 0.1) is 7.11 Å². The third-order valence-electron chi connectivity index (χ3n) is 3.22. The van der Waals surface area contributed by atoms with E-state index in [4.69, 9.17) is 0 Å². The number of methoxy groups -OCH3 is 1. The molecule has 0 unspecified atom stereocenters. The van der Waals surface area contributed by atoms with Crippen molar-refractivity contribution in [2.45, 2.75) is 13.3 Å². The first kappa shape index (κ1) is 14.8. The van der Waals surface area contributed by atoms with E-state index in [1.165, 1.54) is 13.3 Å². The Labute approximate surface area is 121 Å². The first-order chi connectivity index (χ1) is 10.1. The highest BCUT2D eigenvalue weighted by atomic mass is 16.5. The number of hydrogen-bond acceptors (Lipinski definition) is 4. The van der Waals surface area contributed by atoms with Crippen molar-refractivity contribution < 1.29 is 14.3 Å². The van der Waals surface area contributed by atoms with Crippen LogP contribution in [0.1, 0.15) is 22.8 Å². The molecule has 6 heteroatoms. The number of nitrogens with one attached hydrogen (secondary N) is 2. The number of H-pyrrole nitrogens is 1. The molecule has 2 N–H and O–H groups in total. The molecule has 0 aliphatic rings. The fourth-order valence-electron chi connectivity index (χ4n) is 1.97. The average Bonchev–Trinajstić information content (AvgIpc) is 2.52. The molecule has 0 radical (unpaired) electrons. The van der Waals surface area contributed by atoms with Crippen molar-refractivity contribution in [2.75, 3.05) is 13.7 Å². The summed E-state index contributed by atoms with van der Waals surface area (Å²) in [6.45, 7) is 1.71. The lowest BCUT2D eigenvalue weighted by Gasteiger charge is -2.06. The van der Waals surface area contributed by atoms with Gasteiger partial charge in [0.2, 0.25) is 5.43 Å². The molecular weight excluding hydrogens is 272 g/mol. The van der Waals surface area contributed by atoms with Crippen molar-refractivity contribution in [3.63, 3.8) is 0 Å². The average molecular weight is 288 g/mol. The Bertz CT molecular complexity index is 749. The van der Waals surface area contributed by atoms with E-state index in [9.17, 15) is 14.4 Å². The molecule has 21 heavy (non-hydrogen) atoms. The molecule has 0 bridgehead atoms. The van der Waals surface area contributed by atoms with Crippen molar-refractivity contribution in [2.24, 2.45) is 0 Å². The van der Waals surface area contributed by atoms with E-state index in [0.29, 0.717) is 10.9 Å². The third kappa shape index (κ3) is 3.10. The Morgan fingerprint density at radius 2 is 2.10 bits per heavy atom. The number of benzene rings is 1. The lowest BCUT2D eigenvalue weighted by molar-refractivity contribution is -0.139. The molecule has 0 aliphatic carbocycles. The van der Waals surface area contributed by atoms with E-state index in [2.05, 4.69) is 15.0 Å². The van der Waals surface area contributed by atoms with Gasteiger partial charge in [0, 0.05) is 17.1 Å². The quantitative estimate of drug-likeness (QED) is 0.821. The van der Waals surface area contributed by atoms with Crippen molar-refractivity contribution >= 4 is 22.8 Å². The predicted molar refractivity (Wildman–Crippen MR) is 78.3 cm³/mol. The summed E-state index contributed by atoms with van der Waals surface area (Å²) in [6, 6.07) is 5.51. The minimum Gasteiger partial charge on any atom is -0.468 e. The SMILES string of the molecule is CCc1ccc2[nH]cc(C(=O)NCC(=O)OC)c(=O)c2c1. The van der Waals surface area contributed by atoms with Gasteiger partial charge in [-0.1, -0.05) is 13.0 Å². The van der Waals surface area contributed by atoms with Crippen LogP contribution in [0.3, 0.4) is 0 Å². The number of aromatic amines is 1. The van der Waals surface area contributed by atoms with Crippen LogP contribution in [0.5, 0.6) is 0 Å². The lowest BCUT2D eigenvalue weighted by atomic mass is 10.1. The zero-order valence-corrected chi connectivity index (χ0v) is 11.9. The van der Waals surface area contributed by atoms with Crippen molar-refractivity contribution in [3.8, 4) is 0 Å². The maximum absolute atomic E-state index is 12.4. The Morgan fingerprint density at radius 1 is 1.33 bits per heavy atom. The van der Waals surface area contributed by atoms with Crippen LogP contribution in [0.2, 0.25) is 0 Å². The van der Waals surface area contributed by atoms with Gasteiger partial charge in [0.25, 0.3) is 5.91 Å². The number of aromatic nitrogens is 1. The van der Waals surface area contributed by atoms with Crippen LogP contribution in [0.15, 0.2) is 29.2 Å². The van der Waals surface area contributed by atoms with Crippen molar-refractivity contribution in [3.05, 3.63) is 45.7 Å². The molecule has 0 fully saturated rings.